The van der Waals surface area contributed by atoms with E-state index in [2.05, 4.69) is 4.98 Å². The number of rotatable bonds is 7. The van der Waals surface area contributed by atoms with Gasteiger partial charge in [-0.25, -0.2) is 9.18 Å². The number of allylic oxidation sites excluding steroid dienone is 1. The lowest BCUT2D eigenvalue weighted by atomic mass is 10.3. The van der Waals surface area contributed by atoms with Gasteiger partial charge in [-0.1, -0.05) is 0 Å². The third kappa shape index (κ3) is 3.88. The molecule has 0 saturated heterocycles. The number of cyclic esters (lactones) is 1. The lowest BCUT2D eigenvalue weighted by Gasteiger charge is -2.06. The molecular weight excluding hydrogens is 317 g/mol. The molecule has 6 nitrogen and oxygen atoms in total. The van der Waals surface area contributed by atoms with Crippen molar-refractivity contribution in [3.8, 4) is 5.75 Å². The van der Waals surface area contributed by atoms with Crippen molar-refractivity contribution in [1.82, 2.24) is 4.98 Å². The first-order valence-electron chi connectivity index (χ1n) is 6.34. The third-order valence-electron chi connectivity index (χ3n) is 2.61. The van der Waals surface area contributed by atoms with Crippen LogP contribution in [0, 0.1) is 0 Å². The van der Waals surface area contributed by atoms with Crippen LogP contribution in [-0.2, 0) is 20.9 Å². The van der Waals surface area contributed by atoms with Crippen molar-refractivity contribution in [2.45, 2.75) is 6.61 Å². The molecule has 118 valence electrons. The highest BCUT2D eigenvalue weighted by Gasteiger charge is 2.31. The van der Waals surface area contributed by atoms with E-state index in [1.807, 2.05) is 0 Å². The molecule has 0 saturated carbocycles. The Morgan fingerprint density at radius 3 is 2.86 bits per heavy atom. The van der Waals surface area contributed by atoms with Crippen LogP contribution in [0.2, 0.25) is 0 Å². The van der Waals surface area contributed by atoms with Gasteiger partial charge in [0.1, 0.15) is 25.6 Å². The van der Waals surface area contributed by atoms with Crippen molar-refractivity contribution >= 4 is 17.6 Å². The van der Waals surface area contributed by atoms with E-state index in [4.69, 9.17) is 25.8 Å². The lowest BCUT2D eigenvalue weighted by Crippen LogP contribution is -2.05. The van der Waals surface area contributed by atoms with Crippen molar-refractivity contribution in [1.29, 1.82) is 0 Å². The minimum absolute atomic E-state index is 0.0297. The number of carbonyl (C=O) groups excluding carboxylic acids is 1. The summed E-state index contributed by atoms with van der Waals surface area (Å²) in [5.41, 5.74) is 0.496. The van der Waals surface area contributed by atoms with Gasteiger partial charge >= 0.3 is 5.97 Å². The molecule has 8 heteroatoms. The maximum Gasteiger partial charge on any atom is 0.383 e. The summed E-state index contributed by atoms with van der Waals surface area (Å²) in [7, 11) is 0. The largest absolute Gasteiger partial charge is 0.501 e. The Morgan fingerprint density at radius 1 is 1.41 bits per heavy atom. The zero-order valence-electron chi connectivity index (χ0n) is 11.4. The summed E-state index contributed by atoms with van der Waals surface area (Å²) in [4.78, 5) is 15.6. The number of ether oxygens (including phenoxy) is 3. The fourth-order valence-corrected chi connectivity index (χ4v) is 1.76. The molecule has 0 fully saturated rings. The Kier molecular flexibility index (Phi) is 5.60. The van der Waals surface area contributed by atoms with Crippen LogP contribution in [0.25, 0.3) is 0 Å². The van der Waals surface area contributed by atoms with Crippen LogP contribution in [0.15, 0.2) is 41.7 Å². The molecular formula is C14H13ClFNO5. The van der Waals surface area contributed by atoms with Crippen LogP contribution in [0.1, 0.15) is 5.69 Å². The minimum Gasteiger partial charge on any atom is -0.501 e. The number of hydrogen-bond donors (Lipinski definition) is 1. The summed E-state index contributed by atoms with van der Waals surface area (Å²) in [5, 5.41) is 9.78. The van der Waals surface area contributed by atoms with E-state index in [-0.39, 0.29) is 30.6 Å². The van der Waals surface area contributed by atoms with Crippen LogP contribution in [-0.4, -0.2) is 35.2 Å². The van der Waals surface area contributed by atoms with Crippen molar-refractivity contribution in [2.75, 3.05) is 19.2 Å². The zero-order valence-corrected chi connectivity index (χ0v) is 12.2. The van der Waals surface area contributed by atoms with Gasteiger partial charge in [-0.15, -0.1) is 11.6 Å². The third-order valence-corrected chi connectivity index (χ3v) is 2.76. The maximum atomic E-state index is 12.0. The van der Waals surface area contributed by atoms with Gasteiger partial charge in [0, 0.05) is 5.88 Å². The van der Waals surface area contributed by atoms with Gasteiger partial charge < -0.3 is 19.3 Å². The smallest absolute Gasteiger partial charge is 0.383 e. The lowest BCUT2D eigenvalue weighted by molar-refractivity contribution is -0.136. The molecule has 0 atom stereocenters. The van der Waals surface area contributed by atoms with E-state index in [0.717, 1.165) is 0 Å². The highest BCUT2D eigenvalue weighted by molar-refractivity contribution is 6.19. The molecule has 1 aromatic heterocycles. The first-order chi connectivity index (χ1) is 10.7. The number of halogens is 2. The number of aromatic nitrogens is 1. The standard InChI is InChI=1S/C14H13ClFNO5/c15-4-3-11-12(18)13(14(19)22-11)21-8-9-1-2-10(7-17-9)20-6-5-16/h1-3,7,18H,4-6,8H2/b11-3+. The molecule has 0 radical (unpaired) electrons. The molecule has 1 aliphatic rings. The summed E-state index contributed by atoms with van der Waals surface area (Å²) in [6.45, 7) is -0.676. The first-order valence-corrected chi connectivity index (χ1v) is 6.87. The van der Waals surface area contributed by atoms with Crippen LogP contribution in [0.4, 0.5) is 4.39 Å². The van der Waals surface area contributed by atoms with Crippen molar-refractivity contribution in [2.24, 2.45) is 0 Å². The number of pyridine rings is 1. The second kappa shape index (κ2) is 7.65. The normalized spacial score (nSPS) is 16.1. The molecule has 2 rings (SSSR count). The molecule has 0 spiro atoms. The quantitative estimate of drug-likeness (QED) is 0.611. The zero-order chi connectivity index (χ0) is 15.9. The topological polar surface area (TPSA) is 77.9 Å². The summed E-state index contributed by atoms with van der Waals surface area (Å²) >= 11 is 5.48. The molecule has 1 N–H and O–H groups in total. The number of esters is 1. The Morgan fingerprint density at radius 2 is 2.23 bits per heavy atom. The molecule has 2 heterocycles. The first kappa shape index (κ1) is 16.1. The van der Waals surface area contributed by atoms with Crippen molar-refractivity contribution in [3.05, 3.63) is 47.4 Å². The van der Waals surface area contributed by atoms with E-state index >= 15 is 0 Å². The predicted molar refractivity (Wildman–Crippen MR) is 75.0 cm³/mol. The van der Waals surface area contributed by atoms with Crippen molar-refractivity contribution < 1.29 is 28.5 Å². The van der Waals surface area contributed by atoms with E-state index in [1.165, 1.54) is 12.3 Å². The van der Waals surface area contributed by atoms with Crippen LogP contribution in [0.3, 0.4) is 0 Å². The van der Waals surface area contributed by atoms with Gasteiger partial charge in [0.15, 0.2) is 5.76 Å². The summed E-state index contributed by atoms with van der Waals surface area (Å²) in [6, 6.07) is 3.20. The molecule has 1 aliphatic heterocycles. The predicted octanol–water partition coefficient (Wildman–Crippen LogP) is 2.40. The van der Waals surface area contributed by atoms with E-state index in [0.29, 0.717) is 11.4 Å². The van der Waals surface area contributed by atoms with Gasteiger partial charge in [0.05, 0.1) is 11.9 Å². The van der Waals surface area contributed by atoms with Crippen LogP contribution < -0.4 is 4.74 Å². The molecule has 0 unspecified atom stereocenters. The van der Waals surface area contributed by atoms with Gasteiger partial charge in [0.25, 0.3) is 5.76 Å². The molecule has 1 aromatic rings. The molecule has 0 amide bonds. The molecule has 0 bridgehead atoms. The Balaban J connectivity index is 1.97. The van der Waals surface area contributed by atoms with Gasteiger partial charge in [-0.3, -0.25) is 4.98 Å². The minimum atomic E-state index is -0.795. The average Bonchev–Trinajstić information content (AvgIpc) is 2.79. The van der Waals surface area contributed by atoms with E-state index in [1.54, 1.807) is 12.1 Å². The fraction of sp³-hybridized carbons (Fsp3) is 0.286. The van der Waals surface area contributed by atoms with Crippen LogP contribution >= 0.6 is 11.6 Å². The molecule has 22 heavy (non-hydrogen) atoms. The van der Waals surface area contributed by atoms with E-state index < -0.39 is 18.4 Å². The summed E-state index contributed by atoms with van der Waals surface area (Å²) < 4.78 is 27.0. The SMILES string of the molecule is O=C1O/C(=C/CCl)C(O)=C1OCc1ccc(OCCF)cn1. The monoisotopic (exact) mass is 329 g/mol. The second-order valence-corrected chi connectivity index (χ2v) is 4.41. The summed E-state index contributed by atoms with van der Waals surface area (Å²) in [5.74, 6) is -1.00. The Hall–Kier alpha value is -2.28. The second-order valence-electron chi connectivity index (χ2n) is 4.10. The number of aliphatic hydroxyl groups excluding tert-OH is 1. The fourth-order valence-electron chi connectivity index (χ4n) is 1.62. The van der Waals surface area contributed by atoms with Gasteiger partial charge in [-0.2, -0.15) is 0 Å². The number of hydrogen-bond acceptors (Lipinski definition) is 6. The Labute approximate surface area is 130 Å². The summed E-state index contributed by atoms with van der Waals surface area (Å²) in [6.07, 6.45) is 2.76. The maximum absolute atomic E-state index is 12.0. The number of alkyl halides is 2. The Bertz CT molecular complexity index is 600. The van der Waals surface area contributed by atoms with Gasteiger partial charge in [-0.05, 0) is 18.2 Å². The number of aliphatic hydroxyl groups is 1. The highest BCUT2D eigenvalue weighted by Crippen LogP contribution is 2.25. The van der Waals surface area contributed by atoms with Gasteiger partial charge in [0.2, 0.25) is 5.76 Å². The molecule has 0 aliphatic carbocycles. The number of nitrogens with zero attached hydrogens (tertiary/aromatic N) is 1. The van der Waals surface area contributed by atoms with Crippen LogP contribution in [0.5, 0.6) is 5.75 Å². The molecule has 0 aromatic carbocycles. The average molecular weight is 330 g/mol. The highest BCUT2D eigenvalue weighted by atomic mass is 35.5. The van der Waals surface area contributed by atoms with E-state index in [9.17, 15) is 14.3 Å². The van der Waals surface area contributed by atoms with Crippen molar-refractivity contribution in [3.63, 3.8) is 0 Å². The number of carbonyl (C=O) groups is 1.